The lowest BCUT2D eigenvalue weighted by Gasteiger charge is -2.20. The van der Waals surface area contributed by atoms with Gasteiger partial charge in [-0.05, 0) is 31.9 Å². The molecule has 1 N–H and O–H groups in total. The molecule has 1 amide bonds. The van der Waals surface area contributed by atoms with E-state index in [9.17, 15) is 9.18 Å². The fourth-order valence-corrected chi connectivity index (χ4v) is 2.05. The summed E-state index contributed by atoms with van der Waals surface area (Å²) in [6.07, 6.45) is 2.41. The third kappa shape index (κ3) is 2.45. The van der Waals surface area contributed by atoms with Crippen molar-refractivity contribution in [2.45, 2.75) is 37.8 Å². The molecule has 5 heteroatoms. The zero-order chi connectivity index (χ0) is 13.5. The molecule has 1 fully saturated rings. The van der Waals surface area contributed by atoms with E-state index in [4.69, 9.17) is 4.84 Å². The Labute approximate surface area is 110 Å². The van der Waals surface area contributed by atoms with Gasteiger partial charge in [-0.3, -0.25) is 4.79 Å². The van der Waals surface area contributed by atoms with Crippen LogP contribution >= 0.6 is 0 Å². The molecule has 1 saturated carbocycles. The molecule has 1 aliphatic carbocycles. The molecule has 0 saturated heterocycles. The minimum absolute atomic E-state index is 0.148. The van der Waals surface area contributed by atoms with Crippen molar-refractivity contribution in [3.63, 3.8) is 0 Å². The Hall–Kier alpha value is -1.91. The first-order valence-corrected chi connectivity index (χ1v) is 6.39. The lowest BCUT2D eigenvalue weighted by atomic mass is 9.95. The van der Waals surface area contributed by atoms with Crippen molar-refractivity contribution in [2.75, 3.05) is 0 Å². The van der Waals surface area contributed by atoms with E-state index in [-0.39, 0.29) is 17.8 Å². The van der Waals surface area contributed by atoms with Gasteiger partial charge in [0.15, 0.2) is 0 Å². The molecule has 1 heterocycles. The number of carbonyl (C=O) groups is 1. The fraction of sp³-hybridized carbons (Fsp3) is 0.429. The van der Waals surface area contributed by atoms with Gasteiger partial charge < -0.3 is 10.2 Å². The van der Waals surface area contributed by atoms with Crippen molar-refractivity contribution >= 4 is 11.6 Å². The quantitative estimate of drug-likeness (QED) is 0.905. The van der Waals surface area contributed by atoms with Crippen LogP contribution in [-0.2, 0) is 9.63 Å². The maximum absolute atomic E-state index is 13.2. The second-order valence-electron chi connectivity index (χ2n) is 5.29. The zero-order valence-electron chi connectivity index (χ0n) is 10.6. The summed E-state index contributed by atoms with van der Waals surface area (Å²) < 4.78 is 13.2. The van der Waals surface area contributed by atoms with E-state index in [1.54, 1.807) is 19.1 Å². The number of hydrogen-bond donors (Lipinski definition) is 1. The molecule has 2 aliphatic rings. The largest absolute Gasteiger partial charge is 0.379 e. The van der Waals surface area contributed by atoms with Crippen molar-refractivity contribution < 1.29 is 14.0 Å². The Kier molecular flexibility index (Phi) is 2.77. The number of amides is 1. The molecule has 4 nitrogen and oxygen atoms in total. The van der Waals surface area contributed by atoms with Crippen LogP contribution in [-0.4, -0.2) is 23.3 Å². The van der Waals surface area contributed by atoms with E-state index in [2.05, 4.69) is 10.5 Å². The smallest absolute Gasteiger partial charge is 0.267 e. The first-order chi connectivity index (χ1) is 9.07. The average Bonchev–Trinajstić information content (AvgIpc) is 3.10. The molecule has 0 radical (unpaired) electrons. The highest BCUT2D eigenvalue weighted by atomic mass is 19.1. The lowest BCUT2D eigenvalue weighted by Crippen LogP contribution is -2.45. The lowest BCUT2D eigenvalue weighted by molar-refractivity contribution is -0.141. The summed E-state index contributed by atoms with van der Waals surface area (Å²) in [6, 6.07) is 6.43. The first-order valence-electron chi connectivity index (χ1n) is 6.39. The maximum Gasteiger partial charge on any atom is 0.267 e. The van der Waals surface area contributed by atoms with Crippen LogP contribution in [0.25, 0.3) is 0 Å². The second kappa shape index (κ2) is 4.33. The summed E-state index contributed by atoms with van der Waals surface area (Å²) in [5.74, 6) is -0.471. The van der Waals surface area contributed by atoms with E-state index < -0.39 is 5.60 Å². The normalized spacial score (nSPS) is 25.7. The van der Waals surface area contributed by atoms with Crippen molar-refractivity contribution in [3.8, 4) is 0 Å². The Bertz CT molecular complexity index is 554. The Balaban J connectivity index is 1.72. The molecule has 1 aromatic carbocycles. The molecule has 1 aromatic rings. The van der Waals surface area contributed by atoms with Crippen LogP contribution in [0.1, 0.15) is 31.7 Å². The summed E-state index contributed by atoms with van der Waals surface area (Å²) in [7, 11) is 0. The van der Waals surface area contributed by atoms with E-state index in [0.717, 1.165) is 12.8 Å². The summed E-state index contributed by atoms with van der Waals surface area (Å²) in [5, 5.41) is 6.85. The van der Waals surface area contributed by atoms with Crippen LogP contribution in [0.4, 0.5) is 4.39 Å². The minimum atomic E-state index is -0.982. The molecule has 0 bridgehead atoms. The first kappa shape index (κ1) is 12.1. The summed E-state index contributed by atoms with van der Waals surface area (Å²) in [5.41, 5.74) is 0.278. The highest BCUT2D eigenvalue weighted by molar-refractivity contribution is 6.05. The van der Waals surface area contributed by atoms with Crippen molar-refractivity contribution in [1.82, 2.24) is 5.32 Å². The topological polar surface area (TPSA) is 50.7 Å². The third-order valence-corrected chi connectivity index (χ3v) is 3.41. The van der Waals surface area contributed by atoms with E-state index in [1.807, 2.05) is 0 Å². The molecule has 100 valence electrons. The predicted molar refractivity (Wildman–Crippen MR) is 68.2 cm³/mol. The Morgan fingerprint density at radius 2 is 2.32 bits per heavy atom. The van der Waals surface area contributed by atoms with Crippen LogP contribution < -0.4 is 5.32 Å². The number of halogens is 1. The van der Waals surface area contributed by atoms with Crippen molar-refractivity contribution in [1.29, 1.82) is 0 Å². The number of benzene rings is 1. The van der Waals surface area contributed by atoms with Crippen molar-refractivity contribution in [2.24, 2.45) is 5.16 Å². The van der Waals surface area contributed by atoms with Crippen LogP contribution in [0, 0.1) is 5.82 Å². The molecule has 0 aromatic heterocycles. The van der Waals surface area contributed by atoms with Crippen LogP contribution in [0.15, 0.2) is 29.4 Å². The van der Waals surface area contributed by atoms with Gasteiger partial charge in [0.2, 0.25) is 5.60 Å². The number of nitrogens with one attached hydrogen (secondary N) is 1. The summed E-state index contributed by atoms with van der Waals surface area (Å²) in [6.45, 7) is 1.71. The third-order valence-electron chi connectivity index (χ3n) is 3.41. The summed E-state index contributed by atoms with van der Waals surface area (Å²) in [4.78, 5) is 17.4. The monoisotopic (exact) mass is 262 g/mol. The molecule has 19 heavy (non-hydrogen) atoms. The zero-order valence-corrected chi connectivity index (χ0v) is 10.6. The van der Waals surface area contributed by atoms with Gasteiger partial charge in [0, 0.05) is 18.0 Å². The molecule has 0 spiro atoms. The molecular formula is C14H15FN2O2. The number of carbonyl (C=O) groups excluding carboxylic acids is 1. The average molecular weight is 262 g/mol. The van der Waals surface area contributed by atoms with Crippen LogP contribution in [0.2, 0.25) is 0 Å². The van der Waals surface area contributed by atoms with Gasteiger partial charge in [0.05, 0.1) is 5.71 Å². The molecule has 1 aliphatic heterocycles. The van der Waals surface area contributed by atoms with Crippen molar-refractivity contribution in [3.05, 3.63) is 35.6 Å². The van der Waals surface area contributed by atoms with Gasteiger partial charge in [-0.25, -0.2) is 4.39 Å². The predicted octanol–water partition coefficient (Wildman–Crippen LogP) is 1.99. The number of rotatable bonds is 3. The molecular weight excluding hydrogens is 247 g/mol. The van der Waals surface area contributed by atoms with Gasteiger partial charge in [0.25, 0.3) is 5.91 Å². The second-order valence-corrected chi connectivity index (χ2v) is 5.29. The number of oxime groups is 1. The highest BCUT2D eigenvalue weighted by Crippen LogP contribution is 2.29. The van der Waals surface area contributed by atoms with Gasteiger partial charge in [0.1, 0.15) is 5.82 Å². The van der Waals surface area contributed by atoms with Gasteiger partial charge in [-0.2, -0.15) is 0 Å². The standard InChI is InChI=1S/C14H15FN2O2/c1-14(13(18)16-11-5-6-11)8-12(17-19-14)9-3-2-4-10(15)7-9/h2-4,7,11H,5-6,8H2,1H3,(H,16,18)/t14-/m1/s1. The van der Waals surface area contributed by atoms with E-state index >= 15 is 0 Å². The molecule has 1 atom stereocenters. The number of hydrogen-bond acceptors (Lipinski definition) is 3. The minimum Gasteiger partial charge on any atom is -0.379 e. The fourth-order valence-electron chi connectivity index (χ4n) is 2.05. The van der Waals surface area contributed by atoms with Gasteiger partial charge in [-0.1, -0.05) is 17.3 Å². The molecule has 3 rings (SSSR count). The SMILES string of the molecule is C[C@]1(C(=O)NC2CC2)CC(c2cccc(F)c2)=NO1. The van der Waals surface area contributed by atoms with Crippen LogP contribution in [0.5, 0.6) is 0 Å². The van der Waals surface area contributed by atoms with Gasteiger partial charge >= 0.3 is 0 Å². The highest BCUT2D eigenvalue weighted by Gasteiger charge is 2.43. The van der Waals surface area contributed by atoms with Crippen LogP contribution in [0.3, 0.4) is 0 Å². The number of nitrogens with zero attached hydrogens (tertiary/aromatic N) is 1. The van der Waals surface area contributed by atoms with E-state index in [0.29, 0.717) is 17.7 Å². The Morgan fingerprint density at radius 3 is 3.00 bits per heavy atom. The maximum atomic E-state index is 13.2. The molecule has 0 unspecified atom stereocenters. The summed E-state index contributed by atoms with van der Waals surface area (Å²) >= 11 is 0. The Morgan fingerprint density at radius 1 is 1.53 bits per heavy atom. The van der Waals surface area contributed by atoms with Gasteiger partial charge in [-0.15, -0.1) is 0 Å². The van der Waals surface area contributed by atoms with E-state index in [1.165, 1.54) is 12.1 Å².